The van der Waals surface area contributed by atoms with Crippen molar-refractivity contribution in [1.29, 1.82) is 0 Å². The van der Waals surface area contributed by atoms with Crippen LogP contribution in [0.4, 0.5) is 0 Å². The van der Waals surface area contributed by atoms with Crippen LogP contribution in [0.3, 0.4) is 0 Å². The van der Waals surface area contributed by atoms with Gasteiger partial charge in [-0.15, -0.1) is 0 Å². The molecule has 1 atom stereocenters. The lowest BCUT2D eigenvalue weighted by atomic mass is 9.89. The molecule has 2 aliphatic rings. The number of hydrogen-bond acceptors (Lipinski definition) is 3. The van der Waals surface area contributed by atoms with Gasteiger partial charge in [0.25, 0.3) is 0 Å². The SMILES string of the molecule is O=C(CCC(O)c1ccc(CN2CCCC2)cc1)N1CCC(c2ccc(Cl)cc2)CC1. The molecule has 2 fully saturated rings. The Morgan fingerprint density at radius 3 is 2.26 bits per heavy atom. The van der Waals surface area contributed by atoms with Crippen LogP contribution in [0.5, 0.6) is 0 Å². The van der Waals surface area contributed by atoms with Crippen molar-refractivity contribution in [2.45, 2.75) is 57.1 Å². The van der Waals surface area contributed by atoms with E-state index in [0.29, 0.717) is 18.8 Å². The van der Waals surface area contributed by atoms with Crippen LogP contribution in [0.2, 0.25) is 5.02 Å². The van der Waals surface area contributed by atoms with Crippen LogP contribution in [-0.2, 0) is 11.3 Å². The minimum atomic E-state index is -0.587. The molecule has 0 radical (unpaired) electrons. The van der Waals surface area contributed by atoms with Crippen LogP contribution in [0.1, 0.15) is 67.2 Å². The molecule has 0 aromatic heterocycles. The van der Waals surface area contributed by atoms with Crippen LogP contribution < -0.4 is 0 Å². The minimum absolute atomic E-state index is 0.152. The number of amides is 1. The van der Waals surface area contributed by atoms with Gasteiger partial charge in [0.15, 0.2) is 0 Å². The number of carbonyl (C=O) groups excluding carboxylic acids is 1. The van der Waals surface area contributed by atoms with Crippen molar-refractivity contribution < 1.29 is 9.90 Å². The van der Waals surface area contributed by atoms with E-state index in [1.54, 1.807) is 0 Å². The highest BCUT2D eigenvalue weighted by atomic mass is 35.5. The normalized spacial score (nSPS) is 19.0. The van der Waals surface area contributed by atoms with Gasteiger partial charge in [-0.2, -0.15) is 0 Å². The quantitative estimate of drug-likeness (QED) is 0.647. The van der Waals surface area contributed by atoms with E-state index in [1.807, 2.05) is 29.2 Å². The number of nitrogens with zero attached hydrogens (tertiary/aromatic N) is 2. The van der Waals surface area contributed by atoms with Gasteiger partial charge in [-0.05, 0) is 79.9 Å². The molecule has 0 spiro atoms. The zero-order valence-corrected chi connectivity index (χ0v) is 18.9. The van der Waals surface area contributed by atoms with Crippen molar-refractivity contribution in [3.05, 3.63) is 70.2 Å². The van der Waals surface area contributed by atoms with Crippen molar-refractivity contribution in [3.63, 3.8) is 0 Å². The van der Waals surface area contributed by atoms with Crippen molar-refractivity contribution in [2.24, 2.45) is 0 Å². The maximum atomic E-state index is 12.7. The molecular formula is C26H33ClN2O2. The molecule has 166 valence electrons. The highest BCUT2D eigenvalue weighted by Crippen LogP contribution is 2.29. The molecule has 31 heavy (non-hydrogen) atoms. The molecule has 1 unspecified atom stereocenters. The van der Waals surface area contributed by atoms with E-state index in [-0.39, 0.29) is 5.91 Å². The van der Waals surface area contributed by atoms with E-state index < -0.39 is 6.10 Å². The molecule has 5 heteroatoms. The van der Waals surface area contributed by atoms with E-state index in [2.05, 4.69) is 29.2 Å². The molecule has 0 saturated carbocycles. The zero-order chi connectivity index (χ0) is 21.6. The summed E-state index contributed by atoms with van der Waals surface area (Å²) in [7, 11) is 0. The number of hydrogen-bond donors (Lipinski definition) is 1. The van der Waals surface area contributed by atoms with Gasteiger partial charge < -0.3 is 10.0 Å². The van der Waals surface area contributed by atoms with Crippen molar-refractivity contribution in [2.75, 3.05) is 26.2 Å². The predicted molar refractivity (Wildman–Crippen MR) is 125 cm³/mol. The summed E-state index contributed by atoms with van der Waals surface area (Å²) < 4.78 is 0. The lowest BCUT2D eigenvalue weighted by Gasteiger charge is -2.32. The number of benzene rings is 2. The summed E-state index contributed by atoms with van der Waals surface area (Å²) in [5.74, 6) is 0.644. The summed E-state index contributed by atoms with van der Waals surface area (Å²) in [6.45, 7) is 4.93. The first-order chi connectivity index (χ1) is 15.1. The van der Waals surface area contributed by atoms with E-state index in [1.165, 1.54) is 37.1 Å². The maximum Gasteiger partial charge on any atom is 0.222 e. The van der Waals surface area contributed by atoms with Crippen LogP contribution >= 0.6 is 11.6 Å². The molecule has 1 N–H and O–H groups in total. The molecule has 2 aromatic rings. The average molecular weight is 441 g/mol. The Labute approximate surface area is 190 Å². The topological polar surface area (TPSA) is 43.8 Å². The Morgan fingerprint density at radius 1 is 0.968 bits per heavy atom. The third-order valence-electron chi connectivity index (χ3n) is 6.79. The van der Waals surface area contributed by atoms with Gasteiger partial charge in [0.2, 0.25) is 5.91 Å². The van der Waals surface area contributed by atoms with Gasteiger partial charge in [0.05, 0.1) is 6.10 Å². The zero-order valence-electron chi connectivity index (χ0n) is 18.2. The summed E-state index contributed by atoms with van der Waals surface area (Å²) in [5, 5.41) is 11.3. The predicted octanol–water partition coefficient (Wildman–Crippen LogP) is 5.16. The Kier molecular flexibility index (Phi) is 7.65. The van der Waals surface area contributed by atoms with E-state index in [4.69, 9.17) is 11.6 Å². The second-order valence-electron chi connectivity index (χ2n) is 8.99. The Morgan fingerprint density at radius 2 is 1.61 bits per heavy atom. The first kappa shape index (κ1) is 22.3. The standard InChI is InChI=1S/C26H33ClN2O2/c27-24-9-7-21(8-10-24)22-13-17-29(18-14-22)26(31)12-11-25(30)23-5-3-20(4-6-23)19-28-15-1-2-16-28/h3-10,22,25,30H,1-2,11-19H2. The van der Waals surface area contributed by atoms with Gasteiger partial charge in [-0.1, -0.05) is 48.0 Å². The summed E-state index contributed by atoms with van der Waals surface area (Å²) in [6.07, 6.45) is 4.83. The molecular weight excluding hydrogens is 408 g/mol. The van der Waals surface area contributed by atoms with E-state index in [0.717, 1.165) is 43.1 Å². The number of likely N-dealkylation sites (tertiary alicyclic amines) is 2. The number of aliphatic hydroxyl groups excluding tert-OH is 1. The first-order valence-electron chi connectivity index (χ1n) is 11.6. The Bertz CT molecular complexity index is 839. The van der Waals surface area contributed by atoms with Crippen molar-refractivity contribution in [1.82, 2.24) is 9.80 Å². The third-order valence-corrected chi connectivity index (χ3v) is 7.04. The van der Waals surface area contributed by atoms with Gasteiger partial charge in [0.1, 0.15) is 0 Å². The largest absolute Gasteiger partial charge is 0.388 e. The molecule has 2 aliphatic heterocycles. The molecule has 4 nitrogen and oxygen atoms in total. The van der Waals surface area contributed by atoms with Gasteiger partial charge >= 0.3 is 0 Å². The smallest absolute Gasteiger partial charge is 0.222 e. The number of rotatable bonds is 7. The molecule has 2 heterocycles. The fourth-order valence-corrected chi connectivity index (χ4v) is 4.95. The third kappa shape index (κ3) is 6.09. The molecule has 2 aromatic carbocycles. The van der Waals surface area contributed by atoms with Gasteiger partial charge in [0, 0.05) is 31.1 Å². The average Bonchev–Trinajstić information content (AvgIpc) is 3.31. The number of halogens is 1. The number of carbonyl (C=O) groups is 1. The Balaban J connectivity index is 1.21. The molecule has 2 saturated heterocycles. The Hall–Kier alpha value is -1.88. The van der Waals surface area contributed by atoms with Gasteiger partial charge in [-0.3, -0.25) is 9.69 Å². The van der Waals surface area contributed by atoms with Crippen LogP contribution in [0.15, 0.2) is 48.5 Å². The summed E-state index contributed by atoms with van der Waals surface area (Å²) in [6, 6.07) is 16.3. The van der Waals surface area contributed by atoms with E-state index >= 15 is 0 Å². The van der Waals surface area contributed by atoms with Crippen LogP contribution in [-0.4, -0.2) is 47.0 Å². The molecule has 0 bridgehead atoms. The van der Waals surface area contributed by atoms with Crippen molar-refractivity contribution >= 4 is 17.5 Å². The number of piperidine rings is 1. The lowest BCUT2D eigenvalue weighted by molar-refractivity contribution is -0.132. The first-order valence-corrected chi connectivity index (χ1v) is 12.0. The highest BCUT2D eigenvalue weighted by molar-refractivity contribution is 6.30. The second-order valence-corrected chi connectivity index (χ2v) is 9.42. The van der Waals surface area contributed by atoms with Crippen LogP contribution in [0, 0.1) is 0 Å². The van der Waals surface area contributed by atoms with E-state index in [9.17, 15) is 9.90 Å². The minimum Gasteiger partial charge on any atom is -0.388 e. The lowest BCUT2D eigenvalue weighted by Crippen LogP contribution is -2.37. The maximum absolute atomic E-state index is 12.7. The fourth-order valence-electron chi connectivity index (χ4n) is 4.83. The summed E-state index contributed by atoms with van der Waals surface area (Å²) >= 11 is 5.99. The fraction of sp³-hybridized carbons (Fsp3) is 0.500. The number of aliphatic hydroxyl groups is 1. The molecule has 1 amide bonds. The van der Waals surface area contributed by atoms with Crippen molar-refractivity contribution in [3.8, 4) is 0 Å². The second kappa shape index (κ2) is 10.6. The molecule has 0 aliphatic carbocycles. The van der Waals surface area contributed by atoms with Crippen LogP contribution in [0.25, 0.3) is 0 Å². The monoisotopic (exact) mass is 440 g/mol. The molecule has 4 rings (SSSR count). The van der Waals surface area contributed by atoms with Gasteiger partial charge in [-0.25, -0.2) is 0 Å². The highest BCUT2D eigenvalue weighted by Gasteiger charge is 2.24. The summed E-state index contributed by atoms with van der Waals surface area (Å²) in [4.78, 5) is 17.1. The summed E-state index contributed by atoms with van der Waals surface area (Å²) in [5.41, 5.74) is 3.50.